The van der Waals surface area contributed by atoms with Crippen molar-refractivity contribution in [2.75, 3.05) is 43.0 Å². The van der Waals surface area contributed by atoms with E-state index in [4.69, 9.17) is 15.1 Å². The largest absolute Gasteiger partial charge is 0.354 e. The fourth-order valence-electron chi connectivity index (χ4n) is 4.29. The van der Waals surface area contributed by atoms with Crippen molar-refractivity contribution in [2.24, 2.45) is 0 Å². The van der Waals surface area contributed by atoms with Crippen molar-refractivity contribution in [3.63, 3.8) is 0 Å². The number of nitrogens with zero attached hydrogens (tertiary/aromatic N) is 7. The first-order valence-corrected chi connectivity index (χ1v) is 12.1. The number of thiazole rings is 1. The normalized spacial score (nSPS) is 13.9. The second-order valence-corrected chi connectivity index (χ2v) is 9.23. The number of fused-ring (bicyclic) bond motifs is 1. The Kier molecular flexibility index (Phi) is 5.89. The van der Waals surface area contributed by atoms with Crippen LogP contribution in [0.1, 0.15) is 23.1 Å². The van der Waals surface area contributed by atoms with Crippen molar-refractivity contribution in [3.05, 3.63) is 52.4 Å². The standard InChI is InChI=1S/C24H25FN8S/c1-4-18-21(23-29-22(15(2)14-33(23)30-18)32-11-9-27-10-12-32)31(3)24-28-20(19(13-26)34-24)16-5-7-17(25)8-6-16/h5-8,14,27H,4,9-12H2,1-3H3. The quantitative estimate of drug-likeness (QED) is 0.467. The molecule has 0 spiro atoms. The number of nitrogens with one attached hydrogen (secondary N) is 1. The van der Waals surface area contributed by atoms with Crippen molar-refractivity contribution in [2.45, 2.75) is 20.3 Å². The molecule has 0 bridgehead atoms. The zero-order valence-corrected chi connectivity index (χ0v) is 20.2. The maximum absolute atomic E-state index is 13.4. The Morgan fingerprint density at radius 3 is 2.62 bits per heavy atom. The molecule has 4 heterocycles. The van der Waals surface area contributed by atoms with E-state index in [0.717, 1.165) is 61.0 Å². The third kappa shape index (κ3) is 3.87. The molecule has 8 nitrogen and oxygen atoms in total. The summed E-state index contributed by atoms with van der Waals surface area (Å²) in [6.07, 6.45) is 2.76. The molecule has 174 valence electrons. The molecule has 1 aromatic carbocycles. The highest BCUT2D eigenvalue weighted by molar-refractivity contribution is 7.16. The maximum Gasteiger partial charge on any atom is 0.191 e. The zero-order valence-electron chi connectivity index (χ0n) is 19.3. The van der Waals surface area contributed by atoms with E-state index in [1.165, 1.54) is 23.5 Å². The second-order valence-electron chi connectivity index (χ2n) is 8.25. The summed E-state index contributed by atoms with van der Waals surface area (Å²) in [4.78, 5) is 14.6. The van der Waals surface area contributed by atoms with Crippen LogP contribution in [-0.4, -0.2) is 52.8 Å². The molecule has 5 rings (SSSR count). The van der Waals surface area contributed by atoms with Crippen molar-refractivity contribution in [1.82, 2.24) is 24.9 Å². The van der Waals surface area contributed by atoms with Crippen molar-refractivity contribution in [3.8, 4) is 17.3 Å². The van der Waals surface area contributed by atoms with Gasteiger partial charge in [0.15, 0.2) is 10.8 Å². The lowest BCUT2D eigenvalue weighted by Crippen LogP contribution is -2.44. The monoisotopic (exact) mass is 476 g/mol. The van der Waals surface area contributed by atoms with Crippen LogP contribution < -0.4 is 15.1 Å². The highest BCUT2D eigenvalue weighted by atomic mass is 32.1. The minimum Gasteiger partial charge on any atom is -0.354 e. The Labute approximate surface area is 201 Å². The highest BCUT2D eigenvalue weighted by Gasteiger charge is 2.24. The number of benzene rings is 1. The summed E-state index contributed by atoms with van der Waals surface area (Å²) in [5.41, 5.74) is 4.88. The van der Waals surface area contributed by atoms with Gasteiger partial charge in [0, 0.05) is 50.6 Å². The molecule has 1 N–H and O–H groups in total. The van der Waals surface area contributed by atoms with E-state index in [1.807, 2.05) is 22.7 Å². The Morgan fingerprint density at radius 1 is 1.21 bits per heavy atom. The molecule has 4 aromatic rings. The van der Waals surface area contributed by atoms with Gasteiger partial charge in [-0.05, 0) is 37.6 Å². The molecule has 34 heavy (non-hydrogen) atoms. The third-order valence-electron chi connectivity index (χ3n) is 6.02. The number of hydrogen-bond donors (Lipinski definition) is 1. The van der Waals surface area contributed by atoms with Gasteiger partial charge in [0.1, 0.15) is 34.0 Å². The number of piperazine rings is 1. The summed E-state index contributed by atoms with van der Waals surface area (Å²) in [7, 11) is 1.93. The van der Waals surface area contributed by atoms with Crippen molar-refractivity contribution in [1.29, 1.82) is 5.26 Å². The molecule has 0 saturated carbocycles. The lowest BCUT2D eigenvalue weighted by molar-refractivity contribution is 0.583. The summed E-state index contributed by atoms with van der Waals surface area (Å²) in [5, 5.41) is 18.6. The van der Waals surface area contributed by atoms with Gasteiger partial charge in [-0.3, -0.25) is 0 Å². The molecule has 1 aliphatic heterocycles. The number of nitriles is 1. The van der Waals surface area contributed by atoms with Gasteiger partial charge >= 0.3 is 0 Å². The van der Waals surface area contributed by atoms with Crippen LogP contribution in [0.15, 0.2) is 30.5 Å². The van der Waals surface area contributed by atoms with Crippen LogP contribution in [-0.2, 0) is 6.42 Å². The van der Waals surface area contributed by atoms with Crippen molar-refractivity contribution >= 4 is 33.6 Å². The fourth-order valence-corrected chi connectivity index (χ4v) is 5.15. The molecule has 0 atom stereocenters. The Morgan fingerprint density at radius 2 is 1.94 bits per heavy atom. The number of rotatable bonds is 5. The smallest absolute Gasteiger partial charge is 0.191 e. The van der Waals surface area contributed by atoms with Crippen LogP contribution in [0.3, 0.4) is 0 Å². The average molecular weight is 477 g/mol. The first kappa shape index (κ1) is 22.3. The van der Waals surface area contributed by atoms with Crippen LogP contribution in [0.5, 0.6) is 0 Å². The van der Waals surface area contributed by atoms with E-state index in [-0.39, 0.29) is 5.82 Å². The molecule has 0 radical (unpaired) electrons. The van der Waals surface area contributed by atoms with Crippen LogP contribution in [0.2, 0.25) is 0 Å². The number of hydrogen-bond acceptors (Lipinski definition) is 8. The lowest BCUT2D eigenvalue weighted by atomic mass is 10.1. The number of halogens is 1. The van der Waals surface area contributed by atoms with Crippen molar-refractivity contribution < 1.29 is 4.39 Å². The molecule has 3 aromatic heterocycles. The summed E-state index contributed by atoms with van der Waals surface area (Å²) in [5.74, 6) is 0.644. The second kappa shape index (κ2) is 9.00. The number of aromatic nitrogens is 4. The lowest BCUT2D eigenvalue weighted by Gasteiger charge is -2.29. The summed E-state index contributed by atoms with van der Waals surface area (Å²) >= 11 is 1.30. The molecular weight excluding hydrogens is 451 g/mol. The van der Waals surface area contributed by atoms with Gasteiger partial charge < -0.3 is 15.1 Å². The zero-order chi connectivity index (χ0) is 23.8. The van der Waals surface area contributed by atoms with E-state index >= 15 is 0 Å². The number of anilines is 3. The molecule has 0 amide bonds. The van der Waals surface area contributed by atoms with Gasteiger partial charge in [0.05, 0.1) is 5.69 Å². The summed E-state index contributed by atoms with van der Waals surface area (Å²) < 4.78 is 15.3. The summed E-state index contributed by atoms with van der Waals surface area (Å²) in [6, 6.07) is 8.29. The van der Waals surface area contributed by atoms with E-state index in [2.05, 4.69) is 30.1 Å². The van der Waals surface area contributed by atoms with Gasteiger partial charge in [-0.1, -0.05) is 18.3 Å². The van der Waals surface area contributed by atoms with Crippen LogP contribution in [0.25, 0.3) is 16.9 Å². The van der Waals surface area contributed by atoms with Gasteiger partial charge in [0.25, 0.3) is 0 Å². The maximum atomic E-state index is 13.4. The topological polar surface area (TPSA) is 85.4 Å². The number of aryl methyl sites for hydroxylation is 2. The predicted molar refractivity (Wildman–Crippen MR) is 132 cm³/mol. The van der Waals surface area contributed by atoms with Crippen LogP contribution >= 0.6 is 11.3 Å². The van der Waals surface area contributed by atoms with E-state index in [0.29, 0.717) is 21.3 Å². The molecule has 1 aliphatic rings. The Balaban J connectivity index is 1.61. The van der Waals surface area contributed by atoms with Gasteiger partial charge in [-0.25, -0.2) is 18.9 Å². The Hall–Kier alpha value is -3.55. The van der Waals surface area contributed by atoms with Crippen LogP contribution in [0.4, 0.5) is 21.0 Å². The third-order valence-corrected chi connectivity index (χ3v) is 7.06. The molecule has 10 heteroatoms. The first-order valence-electron chi connectivity index (χ1n) is 11.2. The predicted octanol–water partition coefficient (Wildman–Crippen LogP) is 3.91. The van der Waals surface area contributed by atoms with E-state index in [1.54, 1.807) is 12.1 Å². The summed E-state index contributed by atoms with van der Waals surface area (Å²) in [6.45, 7) is 7.80. The van der Waals surface area contributed by atoms with E-state index < -0.39 is 0 Å². The van der Waals surface area contributed by atoms with Gasteiger partial charge in [-0.15, -0.1) is 0 Å². The van der Waals surface area contributed by atoms with Gasteiger partial charge in [0.2, 0.25) is 0 Å². The van der Waals surface area contributed by atoms with E-state index in [9.17, 15) is 9.65 Å². The first-order chi connectivity index (χ1) is 16.5. The van der Waals surface area contributed by atoms with Gasteiger partial charge in [-0.2, -0.15) is 10.4 Å². The molecule has 1 fully saturated rings. The minimum atomic E-state index is -0.324. The fraction of sp³-hybridized carbons (Fsp3) is 0.333. The highest BCUT2D eigenvalue weighted by Crippen LogP contribution is 2.38. The molecule has 0 aliphatic carbocycles. The molecular formula is C24H25FN8S. The minimum absolute atomic E-state index is 0.324. The Bertz CT molecular complexity index is 1380. The van der Waals surface area contributed by atoms with Crippen LogP contribution in [0, 0.1) is 24.1 Å². The molecule has 0 unspecified atom stereocenters. The average Bonchev–Trinajstić information content (AvgIpc) is 3.45. The SMILES string of the molecule is CCc1nn2cc(C)c(N3CCNCC3)nc2c1N(C)c1nc(-c2ccc(F)cc2)c(C#N)s1. The molecule has 1 saturated heterocycles.